The van der Waals surface area contributed by atoms with Gasteiger partial charge in [-0.3, -0.25) is 0 Å². The highest BCUT2D eigenvalue weighted by molar-refractivity contribution is 7.89. The molecule has 90 valence electrons. The molecule has 1 saturated heterocycles. The molecule has 1 fully saturated rings. The third kappa shape index (κ3) is 3.59. The number of aliphatic hydroxyl groups is 1. The summed E-state index contributed by atoms with van der Waals surface area (Å²) in [5, 5.41) is 9.60. The predicted octanol–water partition coefficient (Wildman–Crippen LogP) is 0.648. The fraction of sp³-hybridized carbons (Fsp3) is 1.00. The van der Waals surface area contributed by atoms with Crippen LogP contribution in [0.4, 0.5) is 0 Å². The van der Waals surface area contributed by atoms with Gasteiger partial charge in [-0.15, -0.1) is 11.6 Å². The van der Waals surface area contributed by atoms with E-state index in [1.807, 2.05) is 6.92 Å². The Balaban J connectivity index is 2.57. The minimum Gasteiger partial charge on any atom is -0.391 e. The lowest BCUT2D eigenvalue weighted by molar-refractivity contribution is 0.0605. The number of piperidine rings is 1. The van der Waals surface area contributed by atoms with Gasteiger partial charge in [0.15, 0.2) is 0 Å². The Morgan fingerprint density at radius 1 is 1.53 bits per heavy atom. The molecule has 1 heterocycles. The molecule has 0 amide bonds. The third-order valence-corrected chi connectivity index (χ3v) is 5.00. The van der Waals surface area contributed by atoms with E-state index in [0.717, 1.165) is 6.42 Å². The van der Waals surface area contributed by atoms with E-state index in [1.54, 1.807) is 0 Å². The van der Waals surface area contributed by atoms with Crippen LogP contribution in [-0.2, 0) is 10.0 Å². The van der Waals surface area contributed by atoms with Crippen molar-refractivity contribution >= 4 is 21.6 Å². The van der Waals surface area contributed by atoms with Crippen molar-refractivity contribution in [3.63, 3.8) is 0 Å². The van der Waals surface area contributed by atoms with Gasteiger partial charge in [-0.1, -0.05) is 6.92 Å². The summed E-state index contributed by atoms with van der Waals surface area (Å²) in [6.07, 6.45) is 0.650. The molecule has 2 unspecified atom stereocenters. The van der Waals surface area contributed by atoms with E-state index in [2.05, 4.69) is 0 Å². The number of halogens is 1. The van der Waals surface area contributed by atoms with Crippen LogP contribution in [0.5, 0.6) is 0 Å². The molecule has 15 heavy (non-hydrogen) atoms. The maximum Gasteiger partial charge on any atom is 0.214 e. The van der Waals surface area contributed by atoms with E-state index in [-0.39, 0.29) is 18.2 Å². The van der Waals surface area contributed by atoms with E-state index in [0.29, 0.717) is 18.8 Å². The van der Waals surface area contributed by atoms with E-state index >= 15 is 0 Å². The van der Waals surface area contributed by atoms with Crippen LogP contribution in [0.3, 0.4) is 0 Å². The maximum atomic E-state index is 11.8. The number of aliphatic hydroxyl groups excluding tert-OH is 1. The lowest BCUT2D eigenvalue weighted by Crippen LogP contribution is -2.46. The fourth-order valence-electron chi connectivity index (χ4n) is 1.64. The maximum absolute atomic E-state index is 11.8. The second-order valence-corrected chi connectivity index (χ2v) is 6.52. The van der Waals surface area contributed by atoms with Crippen LogP contribution < -0.4 is 0 Å². The quantitative estimate of drug-likeness (QED) is 0.751. The summed E-state index contributed by atoms with van der Waals surface area (Å²) in [4.78, 5) is 0. The summed E-state index contributed by atoms with van der Waals surface area (Å²) >= 11 is 5.47. The zero-order chi connectivity index (χ0) is 11.5. The molecular formula is C9H18ClNO3S. The molecule has 0 aromatic carbocycles. The van der Waals surface area contributed by atoms with Gasteiger partial charge in [0.1, 0.15) is 0 Å². The average molecular weight is 256 g/mol. The topological polar surface area (TPSA) is 57.6 Å². The summed E-state index contributed by atoms with van der Waals surface area (Å²) in [6.45, 7) is 2.68. The van der Waals surface area contributed by atoms with Crippen LogP contribution in [0.15, 0.2) is 0 Å². The molecule has 0 radical (unpaired) electrons. The lowest BCUT2D eigenvalue weighted by atomic mass is 9.98. The Labute approximate surface area is 96.3 Å². The summed E-state index contributed by atoms with van der Waals surface area (Å²) < 4.78 is 24.9. The average Bonchev–Trinajstić information content (AvgIpc) is 2.19. The first-order chi connectivity index (χ1) is 6.97. The highest BCUT2D eigenvalue weighted by atomic mass is 35.5. The second kappa shape index (κ2) is 5.48. The molecule has 2 atom stereocenters. The second-order valence-electron chi connectivity index (χ2n) is 4.05. The van der Waals surface area contributed by atoms with Gasteiger partial charge in [0, 0.05) is 19.0 Å². The van der Waals surface area contributed by atoms with Crippen molar-refractivity contribution in [3.8, 4) is 0 Å². The molecule has 1 N–H and O–H groups in total. The zero-order valence-electron chi connectivity index (χ0n) is 8.89. The number of β-amino-alcohol motifs (C(OH)–C–C–N with tert-alkyl or cyclic N) is 1. The summed E-state index contributed by atoms with van der Waals surface area (Å²) in [5.41, 5.74) is 0. The Morgan fingerprint density at radius 3 is 2.73 bits per heavy atom. The van der Waals surface area contributed by atoms with Crippen LogP contribution in [0.1, 0.15) is 19.8 Å². The van der Waals surface area contributed by atoms with E-state index < -0.39 is 16.1 Å². The number of rotatable bonds is 4. The van der Waals surface area contributed by atoms with E-state index in [1.165, 1.54) is 4.31 Å². The molecule has 0 aromatic heterocycles. The first-order valence-electron chi connectivity index (χ1n) is 5.19. The third-order valence-electron chi connectivity index (χ3n) is 2.81. The zero-order valence-corrected chi connectivity index (χ0v) is 10.5. The molecule has 0 saturated carbocycles. The highest BCUT2D eigenvalue weighted by Gasteiger charge is 2.31. The van der Waals surface area contributed by atoms with Gasteiger partial charge < -0.3 is 5.11 Å². The number of sulfonamides is 1. The van der Waals surface area contributed by atoms with Gasteiger partial charge in [0.05, 0.1) is 11.9 Å². The summed E-state index contributed by atoms with van der Waals surface area (Å²) in [6, 6.07) is 0. The minimum atomic E-state index is -3.21. The molecular weight excluding hydrogens is 238 g/mol. The highest BCUT2D eigenvalue weighted by Crippen LogP contribution is 2.19. The molecule has 1 aliphatic rings. The SMILES string of the molecule is CC1CCN(S(=O)(=O)CCCCl)CC1O. The Hall–Kier alpha value is 0.160. The molecule has 1 rings (SSSR count). The van der Waals surface area contributed by atoms with Gasteiger partial charge in [-0.05, 0) is 18.8 Å². The smallest absolute Gasteiger partial charge is 0.214 e. The van der Waals surface area contributed by atoms with Crippen molar-refractivity contribution in [2.45, 2.75) is 25.9 Å². The molecule has 0 spiro atoms. The summed E-state index contributed by atoms with van der Waals surface area (Å²) in [7, 11) is -3.21. The standard InChI is InChI=1S/C9H18ClNO3S/c1-8-3-5-11(7-9(8)12)15(13,14)6-2-4-10/h8-9,12H,2-7H2,1H3. The van der Waals surface area contributed by atoms with Gasteiger partial charge >= 0.3 is 0 Å². The minimum absolute atomic E-state index is 0.0810. The first kappa shape index (κ1) is 13.2. The number of alkyl halides is 1. The van der Waals surface area contributed by atoms with Gasteiger partial charge in [0.25, 0.3) is 0 Å². The van der Waals surface area contributed by atoms with Crippen molar-refractivity contribution < 1.29 is 13.5 Å². The van der Waals surface area contributed by atoms with Crippen LogP contribution in [-0.4, -0.2) is 48.7 Å². The monoisotopic (exact) mass is 255 g/mol. The largest absolute Gasteiger partial charge is 0.391 e. The van der Waals surface area contributed by atoms with Crippen LogP contribution in [0, 0.1) is 5.92 Å². The predicted molar refractivity (Wildman–Crippen MR) is 60.5 cm³/mol. The molecule has 0 bridgehead atoms. The van der Waals surface area contributed by atoms with E-state index in [4.69, 9.17) is 11.6 Å². The van der Waals surface area contributed by atoms with Crippen molar-refractivity contribution in [1.29, 1.82) is 0 Å². The van der Waals surface area contributed by atoms with Crippen molar-refractivity contribution in [2.24, 2.45) is 5.92 Å². The number of nitrogens with zero attached hydrogens (tertiary/aromatic N) is 1. The van der Waals surface area contributed by atoms with Crippen molar-refractivity contribution in [2.75, 3.05) is 24.7 Å². The normalized spacial score (nSPS) is 29.3. The van der Waals surface area contributed by atoms with Crippen molar-refractivity contribution in [1.82, 2.24) is 4.31 Å². The number of hydrogen-bond donors (Lipinski definition) is 1. The van der Waals surface area contributed by atoms with E-state index in [9.17, 15) is 13.5 Å². The fourth-order valence-corrected chi connectivity index (χ4v) is 3.46. The molecule has 4 nitrogen and oxygen atoms in total. The Kier molecular flexibility index (Phi) is 4.83. The van der Waals surface area contributed by atoms with Crippen LogP contribution in [0.2, 0.25) is 0 Å². The first-order valence-corrected chi connectivity index (χ1v) is 7.33. The van der Waals surface area contributed by atoms with Gasteiger partial charge in [-0.25, -0.2) is 8.42 Å². The Morgan fingerprint density at radius 2 is 2.20 bits per heavy atom. The molecule has 0 aliphatic carbocycles. The molecule has 1 aliphatic heterocycles. The van der Waals surface area contributed by atoms with Gasteiger partial charge in [-0.2, -0.15) is 4.31 Å². The molecule has 6 heteroatoms. The Bertz CT molecular complexity index is 294. The molecule has 0 aromatic rings. The van der Waals surface area contributed by atoms with Crippen molar-refractivity contribution in [3.05, 3.63) is 0 Å². The lowest BCUT2D eigenvalue weighted by Gasteiger charge is -2.33. The number of hydrogen-bond acceptors (Lipinski definition) is 3. The van der Waals surface area contributed by atoms with Gasteiger partial charge in [0.2, 0.25) is 10.0 Å². The van der Waals surface area contributed by atoms with Crippen LogP contribution in [0.25, 0.3) is 0 Å². The summed E-state index contributed by atoms with van der Waals surface area (Å²) in [5.74, 6) is 0.619. The van der Waals surface area contributed by atoms with Crippen LogP contribution >= 0.6 is 11.6 Å².